The van der Waals surface area contributed by atoms with Gasteiger partial charge in [-0.3, -0.25) is 0 Å². The van der Waals surface area contributed by atoms with Gasteiger partial charge in [0.25, 0.3) is 5.82 Å². The SMILES string of the molecule is [C-]#[N+]c1cc(-c2cccc(-c3ccc4c(c3)C3(c5ccccc5-c5ccccc53)c3ccc5ccccc5c3-4)c2)ccn1. The molecule has 2 aliphatic rings. The lowest BCUT2D eigenvalue weighted by molar-refractivity contribution is 0.795. The van der Waals surface area contributed by atoms with Gasteiger partial charge in [-0.15, -0.1) is 4.98 Å². The van der Waals surface area contributed by atoms with Gasteiger partial charge >= 0.3 is 0 Å². The Kier molecular flexibility index (Phi) is 4.92. The molecule has 0 fully saturated rings. The van der Waals surface area contributed by atoms with E-state index in [9.17, 15) is 0 Å². The molecule has 1 spiro atoms. The van der Waals surface area contributed by atoms with E-state index in [1.807, 2.05) is 12.1 Å². The summed E-state index contributed by atoms with van der Waals surface area (Å²) >= 11 is 0. The molecule has 9 rings (SSSR count). The molecule has 0 amide bonds. The maximum Gasteiger partial charge on any atom is 0.270 e. The first-order chi connectivity index (χ1) is 21.3. The van der Waals surface area contributed by atoms with E-state index in [4.69, 9.17) is 6.57 Å². The van der Waals surface area contributed by atoms with Gasteiger partial charge in [-0.05, 0) is 102 Å². The average molecular weight is 545 g/mol. The Bertz CT molecular complexity index is 2280. The molecule has 2 nitrogen and oxygen atoms in total. The molecule has 0 radical (unpaired) electrons. The summed E-state index contributed by atoms with van der Waals surface area (Å²) in [5.74, 6) is 0.408. The van der Waals surface area contributed by atoms with E-state index in [0.717, 1.165) is 16.7 Å². The maximum atomic E-state index is 7.40. The van der Waals surface area contributed by atoms with Crippen molar-refractivity contribution in [3.05, 3.63) is 179 Å². The lowest BCUT2D eigenvalue weighted by Crippen LogP contribution is -2.25. The van der Waals surface area contributed by atoms with Crippen LogP contribution >= 0.6 is 0 Å². The maximum absolute atomic E-state index is 7.40. The third kappa shape index (κ3) is 3.19. The highest BCUT2D eigenvalue weighted by atomic mass is 14.8. The van der Waals surface area contributed by atoms with Crippen LogP contribution in [0.4, 0.5) is 5.82 Å². The Morgan fingerprint density at radius 3 is 1.93 bits per heavy atom. The number of rotatable bonds is 2. The molecule has 0 saturated carbocycles. The van der Waals surface area contributed by atoms with Crippen LogP contribution in [0.15, 0.2) is 146 Å². The first-order valence-corrected chi connectivity index (χ1v) is 14.6. The normalized spacial score (nSPS) is 13.3. The summed E-state index contributed by atoms with van der Waals surface area (Å²) in [5, 5.41) is 2.56. The Morgan fingerprint density at radius 2 is 1.16 bits per heavy atom. The quantitative estimate of drug-likeness (QED) is 0.198. The smallest absolute Gasteiger partial charge is 0.270 e. The number of aromatic nitrogens is 1. The largest absolute Gasteiger partial charge is 0.361 e. The third-order valence-electron chi connectivity index (χ3n) is 9.37. The van der Waals surface area contributed by atoms with Crippen LogP contribution in [0.3, 0.4) is 0 Å². The van der Waals surface area contributed by atoms with Crippen molar-refractivity contribution in [2.75, 3.05) is 0 Å². The molecule has 2 heteroatoms. The van der Waals surface area contributed by atoms with Gasteiger partial charge in [0.1, 0.15) is 6.20 Å². The lowest BCUT2D eigenvalue weighted by atomic mass is 9.70. The van der Waals surface area contributed by atoms with E-state index in [1.54, 1.807) is 6.20 Å². The monoisotopic (exact) mass is 544 g/mol. The summed E-state index contributed by atoms with van der Waals surface area (Å²) in [4.78, 5) is 7.70. The van der Waals surface area contributed by atoms with E-state index in [-0.39, 0.29) is 0 Å². The second-order valence-corrected chi connectivity index (χ2v) is 11.4. The van der Waals surface area contributed by atoms with Crippen LogP contribution in [0.1, 0.15) is 22.3 Å². The fraction of sp³-hybridized carbons (Fsp3) is 0.0244. The lowest BCUT2D eigenvalue weighted by Gasteiger charge is -2.31. The molecular weight excluding hydrogens is 520 g/mol. The van der Waals surface area contributed by atoms with Crippen molar-refractivity contribution in [3.63, 3.8) is 0 Å². The first kappa shape index (κ1) is 23.9. The van der Waals surface area contributed by atoms with E-state index in [0.29, 0.717) is 5.82 Å². The molecule has 2 aliphatic carbocycles. The summed E-state index contributed by atoms with van der Waals surface area (Å²) in [6.07, 6.45) is 1.71. The summed E-state index contributed by atoms with van der Waals surface area (Å²) in [6.45, 7) is 7.40. The number of nitrogens with zero attached hydrogens (tertiary/aromatic N) is 2. The van der Waals surface area contributed by atoms with E-state index < -0.39 is 5.41 Å². The second-order valence-electron chi connectivity index (χ2n) is 11.4. The van der Waals surface area contributed by atoms with Crippen LogP contribution in [0.25, 0.3) is 60.1 Å². The number of pyridine rings is 1. The fourth-order valence-electron chi connectivity index (χ4n) is 7.62. The first-order valence-electron chi connectivity index (χ1n) is 14.6. The predicted octanol–water partition coefficient (Wildman–Crippen LogP) is 10.5. The number of benzene rings is 6. The zero-order valence-electron chi connectivity index (χ0n) is 23.3. The number of hydrogen-bond acceptors (Lipinski definition) is 1. The second kappa shape index (κ2) is 8.86. The molecule has 1 aromatic heterocycles. The average Bonchev–Trinajstić information content (AvgIpc) is 3.55. The molecule has 43 heavy (non-hydrogen) atoms. The summed E-state index contributed by atoms with van der Waals surface area (Å²) in [5.41, 5.74) is 14.6. The third-order valence-corrected chi connectivity index (χ3v) is 9.37. The van der Waals surface area contributed by atoms with Gasteiger partial charge in [-0.2, -0.15) is 0 Å². The number of fused-ring (bicyclic) bond motifs is 12. The van der Waals surface area contributed by atoms with Crippen molar-refractivity contribution in [1.82, 2.24) is 4.98 Å². The minimum absolute atomic E-state index is 0.398. The molecule has 0 bridgehead atoms. The van der Waals surface area contributed by atoms with Crippen molar-refractivity contribution in [3.8, 4) is 44.5 Å². The molecule has 0 saturated heterocycles. The summed E-state index contributed by atoms with van der Waals surface area (Å²) in [6, 6.07) is 50.8. The van der Waals surface area contributed by atoms with Gasteiger partial charge in [0.2, 0.25) is 0 Å². The van der Waals surface area contributed by atoms with Crippen LogP contribution in [0.5, 0.6) is 0 Å². The summed E-state index contributed by atoms with van der Waals surface area (Å²) < 4.78 is 0. The van der Waals surface area contributed by atoms with E-state index in [2.05, 4.69) is 137 Å². The minimum atomic E-state index is -0.398. The zero-order chi connectivity index (χ0) is 28.5. The van der Waals surface area contributed by atoms with Crippen LogP contribution in [-0.4, -0.2) is 4.98 Å². The van der Waals surface area contributed by atoms with E-state index >= 15 is 0 Å². The molecule has 0 aliphatic heterocycles. The highest BCUT2D eigenvalue weighted by Crippen LogP contribution is 2.64. The molecule has 0 atom stereocenters. The van der Waals surface area contributed by atoms with Gasteiger partial charge in [0.15, 0.2) is 0 Å². The van der Waals surface area contributed by atoms with Gasteiger partial charge in [0, 0.05) is 0 Å². The molecule has 1 heterocycles. The predicted molar refractivity (Wildman–Crippen MR) is 175 cm³/mol. The van der Waals surface area contributed by atoms with Crippen LogP contribution in [0, 0.1) is 6.57 Å². The Morgan fingerprint density at radius 1 is 0.488 bits per heavy atom. The molecular formula is C41H24N2. The highest BCUT2D eigenvalue weighted by Gasteiger charge is 2.52. The molecule has 7 aromatic rings. The van der Waals surface area contributed by atoms with Crippen LogP contribution < -0.4 is 0 Å². The topological polar surface area (TPSA) is 17.2 Å². The Hall–Kier alpha value is -5.78. The molecule has 198 valence electrons. The van der Waals surface area contributed by atoms with Crippen LogP contribution in [-0.2, 0) is 5.41 Å². The molecule has 0 N–H and O–H groups in total. The highest BCUT2D eigenvalue weighted by molar-refractivity contribution is 6.06. The van der Waals surface area contributed by atoms with Crippen LogP contribution in [0.2, 0.25) is 0 Å². The Labute approximate surface area is 250 Å². The van der Waals surface area contributed by atoms with Gasteiger partial charge in [-0.25, -0.2) is 0 Å². The molecule has 0 unspecified atom stereocenters. The van der Waals surface area contributed by atoms with Gasteiger partial charge in [-0.1, -0.05) is 122 Å². The van der Waals surface area contributed by atoms with Gasteiger partial charge < -0.3 is 4.85 Å². The Balaban J connectivity index is 1.34. The van der Waals surface area contributed by atoms with Crippen molar-refractivity contribution in [1.29, 1.82) is 0 Å². The molecule has 6 aromatic carbocycles. The summed E-state index contributed by atoms with van der Waals surface area (Å²) in [7, 11) is 0. The van der Waals surface area contributed by atoms with Crippen molar-refractivity contribution < 1.29 is 0 Å². The standard InChI is InChI=1S/C41H24N2/c1-42-39-25-30(21-22-43-39)28-11-8-10-27(23-28)29-17-19-34-38(24-29)41(37-20-18-26-9-2-3-12-31(26)40(34)37)35-15-6-4-13-32(35)33-14-5-7-16-36(33)41/h2-25H. The van der Waals surface area contributed by atoms with Crippen molar-refractivity contribution in [2.24, 2.45) is 0 Å². The zero-order valence-corrected chi connectivity index (χ0v) is 23.3. The van der Waals surface area contributed by atoms with E-state index in [1.165, 1.54) is 60.8 Å². The van der Waals surface area contributed by atoms with Crippen molar-refractivity contribution >= 4 is 16.6 Å². The van der Waals surface area contributed by atoms with Gasteiger partial charge in [0.05, 0.1) is 5.41 Å². The van der Waals surface area contributed by atoms with Crippen molar-refractivity contribution in [2.45, 2.75) is 5.41 Å². The minimum Gasteiger partial charge on any atom is -0.361 e. The fourth-order valence-corrected chi connectivity index (χ4v) is 7.62. The number of hydrogen-bond donors (Lipinski definition) is 0.